The number of methoxy groups -OCH3 is 1. The zero-order chi connectivity index (χ0) is 11.4. The molecule has 0 N–H and O–H groups in total. The zero-order valence-corrected chi connectivity index (χ0v) is 9.30. The van der Waals surface area contributed by atoms with Crippen molar-refractivity contribution < 1.29 is 9.53 Å². The lowest BCUT2D eigenvalue weighted by Gasteiger charge is -2.30. The summed E-state index contributed by atoms with van der Waals surface area (Å²) in [5.41, 5.74) is 0. The van der Waals surface area contributed by atoms with E-state index in [1.54, 1.807) is 23.4 Å². The van der Waals surface area contributed by atoms with Gasteiger partial charge in [-0.15, -0.1) is 0 Å². The molecule has 0 saturated carbocycles. The normalized spacial score (nSPS) is 20.6. The topological polar surface area (TPSA) is 55.3 Å². The van der Waals surface area contributed by atoms with Gasteiger partial charge in [-0.3, -0.25) is 0 Å². The van der Waals surface area contributed by atoms with Crippen molar-refractivity contribution in [2.24, 2.45) is 0 Å². The Hall–Kier alpha value is -1.65. The molecule has 5 nitrogen and oxygen atoms in total. The Labute approximate surface area is 94.5 Å². The summed E-state index contributed by atoms with van der Waals surface area (Å²) in [7, 11) is 1.41. The maximum Gasteiger partial charge on any atom is 0.409 e. The Bertz CT molecular complexity index is 356. The number of ether oxygens (including phenoxy) is 1. The van der Waals surface area contributed by atoms with Crippen molar-refractivity contribution in [2.75, 3.05) is 20.2 Å². The monoisotopic (exact) mass is 221 g/mol. The van der Waals surface area contributed by atoms with Crippen LogP contribution in [0.1, 0.15) is 24.6 Å². The molecule has 1 aliphatic rings. The van der Waals surface area contributed by atoms with Gasteiger partial charge in [0.05, 0.1) is 7.11 Å². The maximum atomic E-state index is 11.4. The molecule has 1 atom stereocenters. The van der Waals surface area contributed by atoms with Gasteiger partial charge < -0.3 is 9.64 Å². The Morgan fingerprint density at radius 2 is 2.25 bits per heavy atom. The lowest BCUT2D eigenvalue weighted by molar-refractivity contribution is 0.110. The third kappa shape index (κ3) is 2.29. The molecule has 1 aromatic rings. The molecule has 0 spiro atoms. The minimum Gasteiger partial charge on any atom is -0.453 e. The van der Waals surface area contributed by atoms with Crippen LogP contribution in [-0.2, 0) is 4.74 Å². The Morgan fingerprint density at radius 1 is 1.50 bits per heavy atom. The molecule has 1 aliphatic heterocycles. The van der Waals surface area contributed by atoms with Crippen LogP contribution in [0.5, 0.6) is 0 Å². The third-order valence-corrected chi connectivity index (χ3v) is 2.81. The molecule has 2 heterocycles. The minimum absolute atomic E-state index is 0.231. The number of amides is 1. The Kier molecular flexibility index (Phi) is 3.34. The number of nitrogens with zero attached hydrogens (tertiary/aromatic N) is 3. The Morgan fingerprint density at radius 3 is 2.94 bits per heavy atom. The van der Waals surface area contributed by atoms with Crippen LogP contribution >= 0.6 is 0 Å². The molecule has 5 heteroatoms. The van der Waals surface area contributed by atoms with Crippen molar-refractivity contribution in [3.8, 4) is 0 Å². The van der Waals surface area contributed by atoms with E-state index in [2.05, 4.69) is 9.97 Å². The summed E-state index contributed by atoms with van der Waals surface area (Å²) >= 11 is 0. The number of hydrogen-bond acceptors (Lipinski definition) is 4. The van der Waals surface area contributed by atoms with E-state index in [0.29, 0.717) is 6.54 Å². The van der Waals surface area contributed by atoms with Crippen LogP contribution in [0.2, 0.25) is 0 Å². The molecule has 1 amide bonds. The molecule has 2 rings (SSSR count). The highest BCUT2D eigenvalue weighted by molar-refractivity contribution is 5.67. The zero-order valence-electron chi connectivity index (χ0n) is 9.30. The lowest BCUT2D eigenvalue weighted by Crippen LogP contribution is -2.39. The van der Waals surface area contributed by atoms with E-state index in [-0.39, 0.29) is 12.0 Å². The minimum atomic E-state index is -0.263. The van der Waals surface area contributed by atoms with Gasteiger partial charge in [0.15, 0.2) is 0 Å². The van der Waals surface area contributed by atoms with Gasteiger partial charge in [-0.1, -0.05) is 0 Å². The predicted molar refractivity (Wildman–Crippen MR) is 58.0 cm³/mol. The number of rotatable bonds is 1. The van der Waals surface area contributed by atoms with Crippen molar-refractivity contribution in [3.63, 3.8) is 0 Å². The summed E-state index contributed by atoms with van der Waals surface area (Å²) in [6.07, 6.45) is 5.20. The molecule has 0 aromatic carbocycles. The highest BCUT2D eigenvalue weighted by Gasteiger charge is 2.26. The van der Waals surface area contributed by atoms with Gasteiger partial charge in [0.25, 0.3) is 0 Å². The van der Waals surface area contributed by atoms with Crippen molar-refractivity contribution in [2.45, 2.75) is 18.8 Å². The highest BCUT2D eigenvalue weighted by Crippen LogP contribution is 2.24. The van der Waals surface area contributed by atoms with Crippen LogP contribution in [-0.4, -0.2) is 41.2 Å². The summed E-state index contributed by atoms with van der Waals surface area (Å²) in [5, 5.41) is 0. The van der Waals surface area contributed by atoms with E-state index in [4.69, 9.17) is 4.74 Å². The first-order valence-corrected chi connectivity index (χ1v) is 5.41. The van der Waals surface area contributed by atoms with E-state index in [9.17, 15) is 4.79 Å². The molecule has 1 unspecified atom stereocenters. The molecule has 0 radical (unpaired) electrons. The molecule has 86 valence electrons. The predicted octanol–water partition coefficient (Wildman–Crippen LogP) is 1.42. The van der Waals surface area contributed by atoms with Gasteiger partial charge in [-0.05, 0) is 18.9 Å². The largest absolute Gasteiger partial charge is 0.453 e. The summed E-state index contributed by atoms with van der Waals surface area (Å²) in [6, 6.07) is 1.80. The first kappa shape index (κ1) is 10.9. The molecule has 16 heavy (non-hydrogen) atoms. The standard InChI is InChI=1S/C11H15N3O2/c1-16-11(15)14-7-2-4-9(8-14)10-12-5-3-6-13-10/h3,5-6,9H,2,4,7-8H2,1H3. The lowest BCUT2D eigenvalue weighted by atomic mass is 9.97. The second-order valence-electron chi connectivity index (χ2n) is 3.86. The second-order valence-corrected chi connectivity index (χ2v) is 3.86. The first-order valence-electron chi connectivity index (χ1n) is 5.41. The number of carbonyl (C=O) groups is 1. The van der Waals surface area contributed by atoms with E-state index in [0.717, 1.165) is 25.2 Å². The van der Waals surface area contributed by atoms with Gasteiger partial charge in [-0.2, -0.15) is 0 Å². The van der Waals surface area contributed by atoms with Gasteiger partial charge in [0.2, 0.25) is 0 Å². The summed E-state index contributed by atoms with van der Waals surface area (Å²) < 4.78 is 4.72. The number of likely N-dealkylation sites (tertiary alicyclic amines) is 1. The van der Waals surface area contributed by atoms with Crippen LogP contribution in [0.3, 0.4) is 0 Å². The van der Waals surface area contributed by atoms with Crippen LogP contribution in [0.15, 0.2) is 18.5 Å². The van der Waals surface area contributed by atoms with Gasteiger partial charge >= 0.3 is 6.09 Å². The van der Waals surface area contributed by atoms with Crippen LogP contribution in [0.25, 0.3) is 0 Å². The summed E-state index contributed by atoms with van der Waals surface area (Å²) in [6.45, 7) is 1.41. The second kappa shape index (κ2) is 4.92. The Balaban J connectivity index is 2.05. The quantitative estimate of drug-likeness (QED) is 0.719. The fourth-order valence-electron chi connectivity index (χ4n) is 2.00. The summed E-state index contributed by atoms with van der Waals surface area (Å²) in [5.74, 6) is 1.05. The highest BCUT2D eigenvalue weighted by atomic mass is 16.5. The molecule has 1 aromatic heterocycles. The molecule has 1 saturated heterocycles. The number of carbonyl (C=O) groups excluding carboxylic acids is 1. The van der Waals surface area contributed by atoms with Gasteiger partial charge in [0, 0.05) is 31.4 Å². The smallest absolute Gasteiger partial charge is 0.409 e. The van der Waals surface area contributed by atoms with Crippen LogP contribution in [0.4, 0.5) is 4.79 Å². The van der Waals surface area contributed by atoms with E-state index >= 15 is 0 Å². The number of piperidine rings is 1. The third-order valence-electron chi connectivity index (χ3n) is 2.81. The fraction of sp³-hybridized carbons (Fsp3) is 0.545. The number of hydrogen-bond donors (Lipinski definition) is 0. The maximum absolute atomic E-state index is 11.4. The average Bonchev–Trinajstić information content (AvgIpc) is 2.39. The first-order chi connectivity index (χ1) is 7.81. The van der Waals surface area contributed by atoms with Gasteiger partial charge in [0.1, 0.15) is 5.82 Å². The van der Waals surface area contributed by atoms with E-state index in [1.165, 1.54) is 7.11 Å². The van der Waals surface area contributed by atoms with Crippen LogP contribution < -0.4 is 0 Å². The SMILES string of the molecule is COC(=O)N1CCCC(c2ncccn2)C1. The average molecular weight is 221 g/mol. The molecular formula is C11H15N3O2. The van der Waals surface area contributed by atoms with Crippen LogP contribution in [0, 0.1) is 0 Å². The molecular weight excluding hydrogens is 206 g/mol. The van der Waals surface area contributed by atoms with E-state index < -0.39 is 0 Å². The van der Waals surface area contributed by atoms with Gasteiger partial charge in [-0.25, -0.2) is 14.8 Å². The van der Waals surface area contributed by atoms with Crippen molar-refractivity contribution in [1.29, 1.82) is 0 Å². The fourth-order valence-corrected chi connectivity index (χ4v) is 2.00. The molecule has 0 aliphatic carbocycles. The molecule has 1 fully saturated rings. The van der Waals surface area contributed by atoms with E-state index in [1.807, 2.05) is 0 Å². The molecule has 0 bridgehead atoms. The van der Waals surface area contributed by atoms with Crippen molar-refractivity contribution >= 4 is 6.09 Å². The number of aromatic nitrogens is 2. The van der Waals surface area contributed by atoms with Crippen molar-refractivity contribution in [3.05, 3.63) is 24.3 Å². The summed E-state index contributed by atoms with van der Waals surface area (Å²) in [4.78, 5) is 21.6. The van der Waals surface area contributed by atoms with Crippen molar-refractivity contribution in [1.82, 2.24) is 14.9 Å².